The minimum atomic E-state index is 0.803. The Morgan fingerprint density at radius 2 is 2.30 bits per heavy atom. The van der Waals surface area contributed by atoms with E-state index in [9.17, 15) is 0 Å². The predicted octanol–water partition coefficient (Wildman–Crippen LogP) is 2.16. The molecular formula is C9H17N. The molecule has 0 aromatic heterocycles. The summed E-state index contributed by atoms with van der Waals surface area (Å²) in [5, 5.41) is 3.33. The molecule has 1 rings (SSSR count). The quantitative estimate of drug-likeness (QED) is 0.587. The molecule has 0 fully saturated rings. The van der Waals surface area contributed by atoms with E-state index in [0.717, 1.165) is 18.4 Å². The van der Waals surface area contributed by atoms with Gasteiger partial charge in [0.1, 0.15) is 0 Å². The smallest absolute Gasteiger partial charge is 0.0149 e. The molecule has 10 heavy (non-hydrogen) atoms. The molecule has 1 atom stereocenters. The predicted molar refractivity (Wildman–Crippen MR) is 44.7 cm³/mol. The van der Waals surface area contributed by atoms with Crippen molar-refractivity contribution >= 4 is 0 Å². The van der Waals surface area contributed by atoms with E-state index in [1.807, 2.05) is 0 Å². The van der Waals surface area contributed by atoms with Crippen molar-refractivity contribution in [2.45, 2.75) is 27.2 Å². The third-order valence-corrected chi connectivity index (χ3v) is 2.20. The molecule has 0 amide bonds. The Hall–Kier alpha value is -0.460. The molecule has 0 radical (unpaired) electrons. The fraction of sp³-hybridized carbons (Fsp3) is 0.778. The second kappa shape index (κ2) is 3.09. The molecule has 1 aliphatic rings. The maximum atomic E-state index is 3.33. The van der Waals surface area contributed by atoms with Crippen molar-refractivity contribution in [1.82, 2.24) is 5.32 Å². The Morgan fingerprint density at radius 3 is 2.70 bits per heavy atom. The molecule has 0 aromatic carbocycles. The molecule has 0 aliphatic carbocycles. The monoisotopic (exact) mass is 139 g/mol. The largest absolute Gasteiger partial charge is 0.389 e. The van der Waals surface area contributed by atoms with E-state index < -0.39 is 0 Å². The van der Waals surface area contributed by atoms with Gasteiger partial charge in [0.05, 0.1) is 0 Å². The van der Waals surface area contributed by atoms with Gasteiger partial charge in [-0.3, -0.25) is 0 Å². The first kappa shape index (κ1) is 7.64. The molecule has 1 N–H and O–H groups in total. The van der Waals surface area contributed by atoms with Crippen LogP contribution in [0.4, 0.5) is 0 Å². The van der Waals surface area contributed by atoms with Crippen LogP contribution in [0.25, 0.3) is 0 Å². The molecule has 1 aliphatic heterocycles. The summed E-state index contributed by atoms with van der Waals surface area (Å²) in [6.07, 6.45) is 3.66. The van der Waals surface area contributed by atoms with Crippen LogP contribution in [0.2, 0.25) is 0 Å². The van der Waals surface area contributed by atoms with Crippen molar-refractivity contribution in [3.05, 3.63) is 11.8 Å². The molecule has 1 heteroatoms. The lowest BCUT2D eigenvalue weighted by atomic mass is 9.90. The highest BCUT2D eigenvalue weighted by Gasteiger charge is 2.13. The van der Waals surface area contributed by atoms with Gasteiger partial charge in [-0.1, -0.05) is 19.9 Å². The first-order chi connectivity index (χ1) is 4.70. The van der Waals surface area contributed by atoms with Crippen LogP contribution in [-0.4, -0.2) is 6.54 Å². The van der Waals surface area contributed by atoms with E-state index in [0.29, 0.717) is 0 Å². The van der Waals surface area contributed by atoms with Gasteiger partial charge >= 0.3 is 0 Å². The van der Waals surface area contributed by atoms with E-state index >= 15 is 0 Å². The molecule has 0 saturated carbocycles. The summed E-state index contributed by atoms with van der Waals surface area (Å²) in [5.41, 5.74) is 1.35. The van der Waals surface area contributed by atoms with E-state index in [2.05, 4.69) is 32.2 Å². The van der Waals surface area contributed by atoms with Crippen LogP contribution in [0.5, 0.6) is 0 Å². The van der Waals surface area contributed by atoms with Gasteiger partial charge in [-0.15, -0.1) is 0 Å². The highest BCUT2D eigenvalue weighted by molar-refractivity contribution is 5.03. The van der Waals surface area contributed by atoms with Crippen molar-refractivity contribution in [2.24, 2.45) is 11.8 Å². The third-order valence-electron chi connectivity index (χ3n) is 2.20. The maximum absolute atomic E-state index is 3.33. The molecule has 1 unspecified atom stereocenters. The Balaban J connectivity index is 2.53. The number of allylic oxidation sites excluding steroid dienone is 2. The summed E-state index contributed by atoms with van der Waals surface area (Å²) >= 11 is 0. The molecular weight excluding hydrogens is 122 g/mol. The van der Waals surface area contributed by atoms with Gasteiger partial charge in [0.25, 0.3) is 0 Å². The van der Waals surface area contributed by atoms with Crippen molar-refractivity contribution < 1.29 is 0 Å². The van der Waals surface area contributed by atoms with Crippen LogP contribution in [0, 0.1) is 11.8 Å². The van der Waals surface area contributed by atoms with Crippen LogP contribution in [0.1, 0.15) is 27.2 Å². The second-order valence-electron chi connectivity index (χ2n) is 3.47. The average Bonchev–Trinajstić information content (AvgIpc) is 1.88. The summed E-state index contributed by atoms with van der Waals surface area (Å²) in [6.45, 7) is 7.89. The zero-order valence-corrected chi connectivity index (χ0v) is 7.15. The lowest BCUT2D eigenvalue weighted by molar-refractivity contribution is 0.410. The van der Waals surface area contributed by atoms with E-state index in [1.165, 1.54) is 12.1 Å². The van der Waals surface area contributed by atoms with Gasteiger partial charge < -0.3 is 5.32 Å². The third kappa shape index (κ3) is 1.76. The van der Waals surface area contributed by atoms with E-state index in [-0.39, 0.29) is 0 Å². The normalized spacial score (nSPS) is 26.0. The summed E-state index contributed by atoms with van der Waals surface area (Å²) in [6, 6.07) is 0. The molecule has 0 spiro atoms. The molecule has 0 aromatic rings. The minimum Gasteiger partial charge on any atom is -0.389 e. The van der Waals surface area contributed by atoms with Gasteiger partial charge in [0.15, 0.2) is 0 Å². The van der Waals surface area contributed by atoms with Gasteiger partial charge in [0.2, 0.25) is 0 Å². The average molecular weight is 139 g/mol. The SMILES string of the molecule is CC1=CC(C(C)C)CCN1. The Kier molecular flexibility index (Phi) is 2.36. The van der Waals surface area contributed by atoms with Gasteiger partial charge in [-0.25, -0.2) is 0 Å². The van der Waals surface area contributed by atoms with Crippen LogP contribution in [-0.2, 0) is 0 Å². The molecule has 58 valence electrons. The Morgan fingerprint density at radius 1 is 1.60 bits per heavy atom. The standard InChI is InChI=1S/C9H17N/c1-7(2)9-4-5-10-8(3)6-9/h6-7,9-10H,4-5H2,1-3H3. The summed E-state index contributed by atoms with van der Waals surface area (Å²) in [7, 11) is 0. The maximum Gasteiger partial charge on any atom is 0.0149 e. The number of hydrogen-bond acceptors (Lipinski definition) is 1. The molecule has 1 heterocycles. The summed E-state index contributed by atoms with van der Waals surface area (Å²) in [4.78, 5) is 0. The second-order valence-corrected chi connectivity index (χ2v) is 3.47. The molecule has 0 bridgehead atoms. The first-order valence-electron chi connectivity index (χ1n) is 4.12. The van der Waals surface area contributed by atoms with E-state index in [1.54, 1.807) is 0 Å². The topological polar surface area (TPSA) is 12.0 Å². The zero-order chi connectivity index (χ0) is 7.56. The zero-order valence-electron chi connectivity index (χ0n) is 7.15. The van der Waals surface area contributed by atoms with Crippen molar-refractivity contribution in [1.29, 1.82) is 0 Å². The van der Waals surface area contributed by atoms with Gasteiger partial charge in [-0.05, 0) is 25.2 Å². The van der Waals surface area contributed by atoms with Crippen LogP contribution < -0.4 is 5.32 Å². The van der Waals surface area contributed by atoms with Crippen molar-refractivity contribution in [3.8, 4) is 0 Å². The van der Waals surface area contributed by atoms with Gasteiger partial charge in [-0.2, -0.15) is 0 Å². The van der Waals surface area contributed by atoms with E-state index in [4.69, 9.17) is 0 Å². The summed E-state index contributed by atoms with van der Waals surface area (Å²) in [5.74, 6) is 1.61. The lowest BCUT2D eigenvalue weighted by Crippen LogP contribution is -2.24. The molecule has 1 nitrogen and oxygen atoms in total. The van der Waals surface area contributed by atoms with Gasteiger partial charge in [0, 0.05) is 12.2 Å². The number of rotatable bonds is 1. The van der Waals surface area contributed by atoms with Crippen molar-refractivity contribution in [3.63, 3.8) is 0 Å². The molecule has 0 saturated heterocycles. The van der Waals surface area contributed by atoms with Crippen molar-refractivity contribution in [2.75, 3.05) is 6.54 Å². The summed E-state index contributed by atoms with van der Waals surface area (Å²) < 4.78 is 0. The minimum absolute atomic E-state index is 0.803. The van der Waals surface area contributed by atoms with Crippen LogP contribution >= 0.6 is 0 Å². The highest BCUT2D eigenvalue weighted by Crippen LogP contribution is 2.20. The fourth-order valence-electron chi connectivity index (χ4n) is 1.43. The van der Waals surface area contributed by atoms with Crippen LogP contribution in [0.15, 0.2) is 11.8 Å². The number of hydrogen-bond donors (Lipinski definition) is 1. The Labute approximate surface area is 63.5 Å². The van der Waals surface area contributed by atoms with Crippen LogP contribution in [0.3, 0.4) is 0 Å². The fourth-order valence-corrected chi connectivity index (χ4v) is 1.43. The lowest BCUT2D eigenvalue weighted by Gasteiger charge is -2.23. The Bertz CT molecular complexity index is 136. The first-order valence-corrected chi connectivity index (χ1v) is 4.12. The highest BCUT2D eigenvalue weighted by atomic mass is 14.9. The number of nitrogens with one attached hydrogen (secondary N) is 1.